The van der Waals surface area contributed by atoms with Gasteiger partial charge in [-0.15, -0.1) is 0 Å². The minimum absolute atomic E-state index is 0.760. The Labute approximate surface area is 79.0 Å². The molecule has 0 aromatic carbocycles. The fraction of sp³-hybridized carbons (Fsp3) is 0.800. The van der Waals surface area contributed by atoms with E-state index >= 15 is 0 Å². The van der Waals surface area contributed by atoms with E-state index in [9.17, 15) is 0 Å². The van der Waals surface area contributed by atoms with Gasteiger partial charge in [0, 0.05) is 6.04 Å². The Morgan fingerprint density at radius 1 is 1.33 bits per heavy atom. The molecule has 1 heterocycles. The van der Waals surface area contributed by atoms with Crippen molar-refractivity contribution in [1.29, 1.82) is 0 Å². The van der Waals surface area contributed by atoms with E-state index in [1.54, 1.807) is 0 Å². The van der Waals surface area contributed by atoms with Crippen LogP contribution in [-0.4, -0.2) is 24.1 Å². The van der Waals surface area contributed by atoms with Gasteiger partial charge in [0.15, 0.2) is 0 Å². The van der Waals surface area contributed by atoms with Gasteiger partial charge in [-0.1, -0.05) is 12.2 Å². The summed E-state index contributed by atoms with van der Waals surface area (Å²) in [7, 11) is 0. The third-order valence-corrected chi connectivity index (χ3v) is 3.96. The maximum Gasteiger partial charge on any atom is 0.0136 e. The summed E-state index contributed by atoms with van der Waals surface area (Å²) in [4.78, 5) is 0. The summed E-state index contributed by atoms with van der Waals surface area (Å²) in [6.07, 6.45) is 8.51. The van der Waals surface area contributed by atoms with Gasteiger partial charge in [0.25, 0.3) is 0 Å². The molecule has 0 spiro atoms. The molecule has 2 aliphatic rings. The van der Waals surface area contributed by atoms with E-state index in [1.807, 2.05) is 0 Å². The Kier molecular flexibility index (Phi) is 3.12. The fourth-order valence-corrected chi connectivity index (χ4v) is 3.15. The first kappa shape index (κ1) is 8.64. The van der Waals surface area contributed by atoms with Gasteiger partial charge in [0.2, 0.25) is 0 Å². The topological polar surface area (TPSA) is 12.0 Å². The highest BCUT2D eigenvalue weighted by atomic mass is 32.2. The van der Waals surface area contributed by atoms with Crippen LogP contribution in [0.1, 0.15) is 19.3 Å². The lowest BCUT2D eigenvalue weighted by Gasteiger charge is -2.15. The number of hydrogen-bond donors (Lipinski definition) is 1. The summed E-state index contributed by atoms with van der Waals surface area (Å²) < 4.78 is 0. The molecule has 0 aromatic rings. The van der Waals surface area contributed by atoms with Gasteiger partial charge >= 0.3 is 0 Å². The van der Waals surface area contributed by atoms with E-state index in [0.717, 1.165) is 12.0 Å². The first-order valence-corrected chi connectivity index (χ1v) is 6.07. The maximum absolute atomic E-state index is 3.65. The molecule has 0 radical (unpaired) electrons. The number of thioether (sulfide) groups is 1. The summed E-state index contributed by atoms with van der Waals surface area (Å²) in [6.45, 7) is 1.25. The van der Waals surface area contributed by atoms with Gasteiger partial charge in [-0.25, -0.2) is 0 Å². The van der Waals surface area contributed by atoms with Gasteiger partial charge in [-0.3, -0.25) is 0 Å². The quantitative estimate of drug-likeness (QED) is 0.672. The molecule has 1 unspecified atom stereocenters. The smallest absolute Gasteiger partial charge is 0.0136 e. The molecule has 1 saturated heterocycles. The van der Waals surface area contributed by atoms with E-state index in [0.29, 0.717) is 0 Å². The van der Waals surface area contributed by atoms with Crippen molar-refractivity contribution in [3.8, 4) is 0 Å². The molecular weight excluding hydrogens is 166 g/mol. The van der Waals surface area contributed by atoms with Crippen LogP contribution in [0.4, 0.5) is 0 Å². The summed E-state index contributed by atoms with van der Waals surface area (Å²) in [5.41, 5.74) is 0. The minimum atomic E-state index is 0.760. The Balaban J connectivity index is 1.61. The molecule has 2 heteroatoms. The Morgan fingerprint density at radius 2 is 2.17 bits per heavy atom. The molecule has 1 atom stereocenters. The zero-order valence-electron chi connectivity index (χ0n) is 7.46. The zero-order chi connectivity index (χ0) is 8.23. The van der Waals surface area contributed by atoms with Gasteiger partial charge in [0.1, 0.15) is 0 Å². The van der Waals surface area contributed by atoms with Crippen molar-refractivity contribution in [2.45, 2.75) is 25.3 Å². The summed E-state index contributed by atoms with van der Waals surface area (Å²) >= 11 is 2.11. The molecule has 0 amide bonds. The molecule has 1 nitrogen and oxygen atoms in total. The lowest BCUT2D eigenvalue weighted by atomic mass is 10.1. The lowest BCUT2D eigenvalue weighted by molar-refractivity contribution is 0.462. The predicted octanol–water partition coefficient (Wildman–Crippen LogP) is 2.05. The van der Waals surface area contributed by atoms with Crippen LogP contribution in [0.15, 0.2) is 12.2 Å². The number of nitrogens with one attached hydrogen (secondary N) is 1. The normalized spacial score (nSPS) is 30.2. The van der Waals surface area contributed by atoms with Crippen LogP contribution in [0.5, 0.6) is 0 Å². The molecule has 0 aromatic heterocycles. The highest BCUT2D eigenvalue weighted by molar-refractivity contribution is 7.99. The molecule has 1 aliphatic carbocycles. The Morgan fingerprint density at radius 3 is 2.83 bits per heavy atom. The zero-order valence-corrected chi connectivity index (χ0v) is 8.28. The Hall–Kier alpha value is 0.0500. The first-order chi connectivity index (χ1) is 5.95. The van der Waals surface area contributed by atoms with Gasteiger partial charge in [-0.2, -0.15) is 11.8 Å². The van der Waals surface area contributed by atoms with E-state index in [-0.39, 0.29) is 0 Å². The first-order valence-electron chi connectivity index (χ1n) is 4.91. The second-order valence-corrected chi connectivity index (χ2v) is 4.93. The van der Waals surface area contributed by atoms with Crippen LogP contribution in [0.25, 0.3) is 0 Å². The fourth-order valence-electron chi connectivity index (χ4n) is 1.86. The Bertz CT molecular complexity index is 151. The molecule has 12 heavy (non-hydrogen) atoms. The summed E-state index contributed by atoms with van der Waals surface area (Å²) in [6, 6.07) is 0.760. The van der Waals surface area contributed by atoms with Crippen molar-refractivity contribution in [2.24, 2.45) is 5.92 Å². The lowest BCUT2D eigenvalue weighted by Crippen LogP contribution is -2.31. The molecule has 1 N–H and O–H groups in total. The molecule has 68 valence electrons. The van der Waals surface area contributed by atoms with Gasteiger partial charge < -0.3 is 5.32 Å². The second-order valence-electron chi connectivity index (χ2n) is 3.78. The van der Waals surface area contributed by atoms with E-state index < -0.39 is 0 Å². The highest BCUT2D eigenvalue weighted by Gasteiger charge is 2.17. The van der Waals surface area contributed by atoms with Crippen LogP contribution in [0, 0.1) is 5.92 Å². The van der Waals surface area contributed by atoms with E-state index in [1.165, 1.54) is 37.3 Å². The molecule has 0 bridgehead atoms. The summed E-state index contributed by atoms with van der Waals surface area (Å²) in [5, 5.41) is 3.65. The molecular formula is C10H17NS. The summed E-state index contributed by atoms with van der Waals surface area (Å²) in [5.74, 6) is 3.72. The van der Waals surface area contributed by atoms with Crippen molar-refractivity contribution < 1.29 is 0 Å². The number of hydrogen-bond acceptors (Lipinski definition) is 2. The second kappa shape index (κ2) is 4.33. The van der Waals surface area contributed by atoms with Crippen LogP contribution >= 0.6 is 11.8 Å². The van der Waals surface area contributed by atoms with E-state index in [2.05, 4.69) is 29.2 Å². The highest BCUT2D eigenvalue weighted by Crippen LogP contribution is 2.23. The predicted molar refractivity (Wildman–Crippen MR) is 55.6 cm³/mol. The monoisotopic (exact) mass is 183 g/mol. The molecule has 1 aliphatic heterocycles. The molecule has 1 fully saturated rings. The van der Waals surface area contributed by atoms with Crippen molar-refractivity contribution in [3.63, 3.8) is 0 Å². The largest absolute Gasteiger partial charge is 0.313 e. The SMILES string of the molecule is C1=CCC(NCC2CCSC2)C1. The van der Waals surface area contributed by atoms with Crippen LogP contribution in [0.2, 0.25) is 0 Å². The van der Waals surface area contributed by atoms with Crippen molar-refractivity contribution >= 4 is 11.8 Å². The standard InChI is InChI=1S/C10H17NS/c1-2-4-10(3-1)11-7-9-5-6-12-8-9/h1-2,9-11H,3-8H2. The van der Waals surface area contributed by atoms with Crippen molar-refractivity contribution in [2.75, 3.05) is 18.1 Å². The van der Waals surface area contributed by atoms with Crippen LogP contribution in [-0.2, 0) is 0 Å². The van der Waals surface area contributed by atoms with Gasteiger partial charge in [-0.05, 0) is 43.2 Å². The third-order valence-electron chi connectivity index (χ3n) is 2.73. The molecule has 0 saturated carbocycles. The third kappa shape index (κ3) is 2.27. The number of rotatable bonds is 3. The average molecular weight is 183 g/mol. The van der Waals surface area contributed by atoms with Crippen LogP contribution in [0.3, 0.4) is 0 Å². The molecule has 2 rings (SSSR count). The average Bonchev–Trinajstić information content (AvgIpc) is 2.74. The van der Waals surface area contributed by atoms with Crippen molar-refractivity contribution in [1.82, 2.24) is 5.32 Å². The minimum Gasteiger partial charge on any atom is -0.313 e. The van der Waals surface area contributed by atoms with E-state index in [4.69, 9.17) is 0 Å². The maximum atomic E-state index is 3.65. The van der Waals surface area contributed by atoms with Crippen molar-refractivity contribution in [3.05, 3.63) is 12.2 Å². The van der Waals surface area contributed by atoms with Crippen LogP contribution < -0.4 is 5.32 Å². The van der Waals surface area contributed by atoms with Gasteiger partial charge in [0.05, 0.1) is 0 Å².